The van der Waals surface area contributed by atoms with E-state index >= 15 is 0 Å². The number of hydrogen-bond donors (Lipinski definition) is 9. The van der Waals surface area contributed by atoms with Gasteiger partial charge in [-0.3, -0.25) is 18.9 Å². The van der Waals surface area contributed by atoms with Crippen molar-refractivity contribution in [3.63, 3.8) is 0 Å². The number of carbonyl (C=O) groups excluding carboxylic acids is 3. The Morgan fingerprint density at radius 3 is 1.47 bits per heavy atom. The SMILES string of the molecule is CCCCCCCCCCCC(=O)OC(CCCCCCCCCCC)CC(=O)NC1C(OCC2OC(OCC)C(NC(=O)CC(O)CCCCCCCCCCC)C(O)C2O)OC(CO)C(OP(=O)(O)O)C1O. The Kier molecular flexibility index (Phi) is 38.0. The van der Waals surface area contributed by atoms with Crippen LogP contribution in [0.2, 0.25) is 0 Å². The maximum absolute atomic E-state index is 13.9. The maximum Gasteiger partial charge on any atom is 0.470 e. The molecule has 0 aromatic carbocycles. The van der Waals surface area contributed by atoms with Crippen LogP contribution in [0.1, 0.15) is 233 Å². The van der Waals surface area contributed by atoms with Gasteiger partial charge >= 0.3 is 13.8 Å². The van der Waals surface area contributed by atoms with Crippen molar-refractivity contribution in [3.8, 4) is 0 Å². The molecule has 2 amide bonds. The van der Waals surface area contributed by atoms with E-state index in [9.17, 15) is 54.3 Å². The molecule has 74 heavy (non-hydrogen) atoms. The van der Waals surface area contributed by atoms with Crippen LogP contribution in [0.4, 0.5) is 0 Å². The van der Waals surface area contributed by atoms with Gasteiger partial charge < -0.3 is 69.6 Å². The third-order valence-electron chi connectivity index (χ3n) is 14.1. The fourth-order valence-electron chi connectivity index (χ4n) is 9.78. The van der Waals surface area contributed by atoms with Gasteiger partial charge in [0.05, 0.1) is 32.2 Å². The lowest BCUT2D eigenvalue weighted by atomic mass is 9.95. The van der Waals surface area contributed by atoms with Gasteiger partial charge in [0.25, 0.3) is 0 Å². The second-order valence-electron chi connectivity index (χ2n) is 20.8. The first-order chi connectivity index (χ1) is 35.6. The molecular formula is C54H103N2O17P. The Hall–Kier alpha value is -1.84. The number of amides is 2. The van der Waals surface area contributed by atoms with Crippen molar-refractivity contribution in [1.82, 2.24) is 10.6 Å². The molecule has 0 aliphatic carbocycles. The van der Waals surface area contributed by atoms with E-state index in [0.717, 1.165) is 70.6 Å². The molecule has 2 heterocycles. The zero-order valence-electron chi connectivity index (χ0n) is 45.8. The van der Waals surface area contributed by atoms with Gasteiger partial charge in [-0.05, 0) is 32.6 Å². The summed E-state index contributed by atoms with van der Waals surface area (Å²) in [5.41, 5.74) is 0. The summed E-state index contributed by atoms with van der Waals surface area (Å²) in [6.07, 6.45) is 15.0. The van der Waals surface area contributed by atoms with E-state index < -0.39 is 112 Å². The third-order valence-corrected chi connectivity index (χ3v) is 14.6. The van der Waals surface area contributed by atoms with Gasteiger partial charge in [0, 0.05) is 13.0 Å². The topological polar surface area (TPSA) is 289 Å². The van der Waals surface area contributed by atoms with E-state index in [1.165, 1.54) is 89.9 Å². The highest BCUT2D eigenvalue weighted by molar-refractivity contribution is 7.46. The fourth-order valence-corrected chi connectivity index (χ4v) is 10.4. The Balaban J connectivity index is 2.14. The molecule has 2 aliphatic rings. The minimum Gasteiger partial charge on any atom is -0.462 e. The van der Waals surface area contributed by atoms with E-state index in [-0.39, 0.29) is 25.9 Å². The standard InChI is InChI=1S/C54H103N2O17P/c1-5-9-12-15-18-21-24-27-30-33-40(58)36-44(59)55-47-50(63)49(62)43(72-53(47)68-8-4)39-69-54-48(51(64)52(42(38-57)71-54)73-74(65,66)67)56-45(60)37-41(34-31-28-25-22-19-16-13-10-6-2)70-46(61)35-32-29-26-23-20-17-14-11-7-3/h40-43,47-54,57-58,62-64H,5-39H2,1-4H3,(H,55,59)(H,56,60)(H2,65,66,67). The Morgan fingerprint density at radius 2 is 0.986 bits per heavy atom. The average molecular weight is 1080 g/mol. The number of rotatable bonds is 45. The number of aliphatic hydroxyl groups excluding tert-OH is 5. The van der Waals surface area contributed by atoms with Gasteiger partial charge in [-0.15, -0.1) is 0 Å². The minimum atomic E-state index is -5.30. The first kappa shape index (κ1) is 68.3. The predicted molar refractivity (Wildman–Crippen MR) is 281 cm³/mol. The van der Waals surface area contributed by atoms with Crippen molar-refractivity contribution in [3.05, 3.63) is 0 Å². The first-order valence-electron chi connectivity index (χ1n) is 29.0. The van der Waals surface area contributed by atoms with Crippen molar-refractivity contribution in [2.45, 2.75) is 307 Å². The largest absolute Gasteiger partial charge is 0.470 e. The quantitative estimate of drug-likeness (QED) is 0.0159. The molecule has 0 aromatic rings. The summed E-state index contributed by atoms with van der Waals surface area (Å²) in [5, 5.41) is 60.3. The van der Waals surface area contributed by atoms with Gasteiger partial charge in [-0.25, -0.2) is 4.57 Å². The predicted octanol–water partition coefficient (Wildman–Crippen LogP) is 7.83. The van der Waals surface area contributed by atoms with E-state index in [4.69, 9.17) is 28.2 Å². The number of esters is 1. The number of carbonyl (C=O) groups is 3. The van der Waals surface area contributed by atoms with Crippen LogP contribution in [-0.2, 0) is 47.2 Å². The molecular weight excluding hydrogens is 980 g/mol. The Bertz CT molecular complexity index is 1500. The molecule has 0 radical (unpaired) electrons. The van der Waals surface area contributed by atoms with Crippen LogP contribution < -0.4 is 10.6 Å². The van der Waals surface area contributed by atoms with Crippen molar-refractivity contribution in [2.24, 2.45) is 0 Å². The molecule has 0 bridgehead atoms. The lowest BCUT2D eigenvalue weighted by Gasteiger charge is -2.45. The second-order valence-corrected chi connectivity index (χ2v) is 22.0. The monoisotopic (exact) mass is 1080 g/mol. The minimum absolute atomic E-state index is 0.0779. The van der Waals surface area contributed by atoms with Crippen LogP contribution in [0.3, 0.4) is 0 Å². The van der Waals surface area contributed by atoms with E-state index in [0.29, 0.717) is 25.7 Å². The smallest absolute Gasteiger partial charge is 0.462 e. The summed E-state index contributed by atoms with van der Waals surface area (Å²) in [5.74, 6) is -1.72. The van der Waals surface area contributed by atoms with Crippen LogP contribution in [-0.4, -0.2) is 146 Å². The number of phosphoric ester groups is 1. The molecule has 19 nitrogen and oxygen atoms in total. The molecule has 12 unspecified atom stereocenters. The van der Waals surface area contributed by atoms with Gasteiger partial charge in [0.15, 0.2) is 12.6 Å². The molecule has 0 aromatic heterocycles. The lowest BCUT2D eigenvalue weighted by Crippen LogP contribution is -2.67. The van der Waals surface area contributed by atoms with Gasteiger partial charge in [-0.1, -0.05) is 181 Å². The van der Waals surface area contributed by atoms with Crippen LogP contribution in [0.15, 0.2) is 0 Å². The number of nitrogens with one attached hydrogen (secondary N) is 2. The number of ether oxygens (including phenoxy) is 5. The van der Waals surface area contributed by atoms with E-state index in [1.807, 2.05) is 0 Å². The van der Waals surface area contributed by atoms with Crippen LogP contribution in [0.5, 0.6) is 0 Å². The summed E-state index contributed by atoms with van der Waals surface area (Å²) in [7, 11) is -5.30. The van der Waals surface area contributed by atoms with Crippen LogP contribution in [0, 0.1) is 0 Å². The average Bonchev–Trinajstić information content (AvgIpc) is 3.35. The third kappa shape index (κ3) is 29.8. The second kappa shape index (κ2) is 41.2. The highest BCUT2D eigenvalue weighted by Gasteiger charge is 2.51. The zero-order chi connectivity index (χ0) is 54.6. The van der Waals surface area contributed by atoms with Gasteiger partial charge in [-0.2, -0.15) is 0 Å². The van der Waals surface area contributed by atoms with Crippen molar-refractivity contribution >= 4 is 25.6 Å². The van der Waals surface area contributed by atoms with Crippen LogP contribution >= 0.6 is 7.82 Å². The fraction of sp³-hybridized carbons (Fsp3) is 0.944. The zero-order valence-corrected chi connectivity index (χ0v) is 46.7. The van der Waals surface area contributed by atoms with Gasteiger partial charge in [0.2, 0.25) is 11.8 Å². The maximum atomic E-state index is 13.9. The molecule has 20 heteroatoms. The number of unbranched alkanes of at least 4 members (excludes halogenated alkanes) is 24. The normalized spacial score (nSPS) is 25.1. The van der Waals surface area contributed by atoms with Gasteiger partial charge in [0.1, 0.15) is 54.8 Å². The van der Waals surface area contributed by atoms with Crippen LogP contribution in [0.25, 0.3) is 0 Å². The van der Waals surface area contributed by atoms with Crippen molar-refractivity contribution in [1.29, 1.82) is 0 Å². The molecule has 9 N–H and O–H groups in total. The Labute approximate surface area is 443 Å². The molecule has 0 saturated carbocycles. The number of aliphatic hydroxyl groups is 5. The first-order valence-corrected chi connectivity index (χ1v) is 30.5. The number of phosphoric acid groups is 1. The summed E-state index contributed by atoms with van der Waals surface area (Å²) in [4.78, 5) is 59.6. The Morgan fingerprint density at radius 1 is 0.554 bits per heavy atom. The van der Waals surface area contributed by atoms with E-state index in [1.54, 1.807) is 6.92 Å². The molecule has 2 aliphatic heterocycles. The van der Waals surface area contributed by atoms with E-state index in [2.05, 4.69) is 31.4 Å². The lowest BCUT2D eigenvalue weighted by molar-refractivity contribution is -0.302. The summed E-state index contributed by atoms with van der Waals surface area (Å²) >= 11 is 0. The summed E-state index contributed by atoms with van der Waals surface area (Å²) in [6, 6.07) is -2.85. The van der Waals surface area contributed by atoms with Crippen molar-refractivity contribution < 1.29 is 82.5 Å². The van der Waals surface area contributed by atoms with Crippen molar-refractivity contribution in [2.75, 3.05) is 19.8 Å². The highest BCUT2D eigenvalue weighted by atomic mass is 31.2. The molecule has 0 spiro atoms. The highest BCUT2D eigenvalue weighted by Crippen LogP contribution is 2.41. The molecule has 12 atom stereocenters. The summed E-state index contributed by atoms with van der Waals surface area (Å²) < 4.78 is 46.4. The number of hydrogen-bond acceptors (Lipinski definition) is 15. The molecule has 2 saturated heterocycles. The molecule has 2 rings (SSSR count). The molecule has 2 fully saturated rings. The molecule has 436 valence electrons. The summed E-state index contributed by atoms with van der Waals surface area (Å²) in [6.45, 7) is 6.82.